The van der Waals surface area contributed by atoms with E-state index in [0.717, 1.165) is 4.90 Å². The van der Waals surface area contributed by atoms with Gasteiger partial charge in [-0.05, 0) is 43.9 Å². The number of benzene rings is 1. The number of aliphatic carboxylic acids is 3. The summed E-state index contributed by atoms with van der Waals surface area (Å²) in [4.78, 5) is 133. The summed E-state index contributed by atoms with van der Waals surface area (Å²) < 4.78 is 0. The number of carbonyl (C=O) groups excluding carboxylic acids is 7. The number of phenolic OH excluding ortho intramolecular Hbond substituents is 1. The van der Waals surface area contributed by atoms with E-state index in [1.807, 2.05) is 0 Å². The van der Waals surface area contributed by atoms with Crippen LogP contribution in [-0.2, 0) is 54.4 Å². The van der Waals surface area contributed by atoms with Gasteiger partial charge in [-0.1, -0.05) is 12.1 Å². The summed E-state index contributed by atoms with van der Waals surface area (Å²) in [6, 6.07) is 0.280. The molecule has 11 N–H and O–H groups in total. The van der Waals surface area contributed by atoms with Crippen molar-refractivity contribution in [3.05, 3.63) is 29.8 Å². The molecule has 1 aromatic rings. The molecule has 0 aromatic heterocycles. The molecular weight excluding hydrogens is 873 g/mol. The Bertz CT molecular complexity index is 1930. The smallest absolute Gasteiger partial charge is 0.320 e. The predicted octanol–water partition coefficient (Wildman–Crippen LogP) is -5.08. The minimum absolute atomic E-state index is 0.0124. The highest BCUT2D eigenvalue weighted by Crippen LogP contribution is 2.26. The van der Waals surface area contributed by atoms with Gasteiger partial charge in [-0.3, -0.25) is 62.6 Å². The molecule has 3 aliphatic rings. The van der Waals surface area contributed by atoms with Crippen LogP contribution in [0, 0.1) is 0 Å². The standard InChI is InChI=1S/C41H60N10O15/c1-24(45-33(55)19-43-32(54)9-8-30(41(65)66)49-15-13-47(22-35(57)58)11-12-48(14-16-49)23-36(59)60)38(62)44-20-34(56)51-21-27(53)18-31(51)40(64)50-10-2-3-29(50)39(63)46-28(37(42)61)17-25-4-6-26(52)7-5-25/h4-7,24,27-31,52-53H,2-3,8-23H2,1H3,(H2,42,61)(H,43,54)(H,44,62)(H,45,55)(H,46,63)(H,57,58)(H,59,60)(H,65,66)/t24?,27-,28?,29?,30?,31?/m0/s1. The van der Waals surface area contributed by atoms with Gasteiger partial charge in [0.1, 0.15) is 36.0 Å². The molecule has 0 aliphatic carbocycles. The largest absolute Gasteiger partial charge is 0.508 e. The highest BCUT2D eigenvalue weighted by molar-refractivity contribution is 5.96. The number of aliphatic hydroxyl groups is 1. The molecule has 0 radical (unpaired) electrons. The molecule has 4 rings (SSSR count). The van der Waals surface area contributed by atoms with Crippen molar-refractivity contribution < 1.29 is 73.5 Å². The molecule has 0 bridgehead atoms. The number of amides is 7. The van der Waals surface area contributed by atoms with E-state index >= 15 is 0 Å². The lowest BCUT2D eigenvalue weighted by Gasteiger charge is -2.31. The van der Waals surface area contributed by atoms with Crippen LogP contribution in [0.15, 0.2) is 24.3 Å². The number of nitrogens with two attached hydrogens (primary N) is 1. The Balaban J connectivity index is 1.23. The van der Waals surface area contributed by atoms with E-state index < -0.39 is 109 Å². The zero-order valence-electron chi connectivity index (χ0n) is 36.6. The van der Waals surface area contributed by atoms with Crippen LogP contribution in [0.2, 0.25) is 0 Å². The lowest BCUT2D eigenvalue weighted by molar-refractivity contribution is -0.146. The van der Waals surface area contributed by atoms with Gasteiger partial charge in [0, 0.05) is 71.6 Å². The van der Waals surface area contributed by atoms with Crippen LogP contribution in [0.25, 0.3) is 0 Å². The third kappa shape index (κ3) is 15.9. The summed E-state index contributed by atoms with van der Waals surface area (Å²) in [5.74, 6) is -8.49. The molecule has 3 aliphatic heterocycles. The van der Waals surface area contributed by atoms with Crippen molar-refractivity contribution in [2.75, 3.05) is 78.5 Å². The second-order valence-corrected chi connectivity index (χ2v) is 16.5. The van der Waals surface area contributed by atoms with Gasteiger partial charge in [-0.25, -0.2) is 0 Å². The molecule has 1 aromatic carbocycles. The normalized spacial score (nSPS) is 21.0. The number of primary amides is 1. The topological polar surface area (TPSA) is 362 Å². The molecule has 66 heavy (non-hydrogen) atoms. The fourth-order valence-electron chi connectivity index (χ4n) is 8.12. The molecular formula is C41H60N10O15. The molecule has 5 unspecified atom stereocenters. The Morgan fingerprint density at radius 3 is 1.94 bits per heavy atom. The van der Waals surface area contributed by atoms with Gasteiger partial charge in [-0.15, -0.1) is 0 Å². The fraction of sp³-hybridized carbons (Fsp3) is 0.610. The predicted molar refractivity (Wildman–Crippen MR) is 228 cm³/mol. The van der Waals surface area contributed by atoms with Crippen LogP contribution >= 0.6 is 0 Å². The number of carboxylic acid groups (broad SMARTS) is 3. The number of aromatic hydroxyl groups is 1. The summed E-state index contributed by atoms with van der Waals surface area (Å²) in [6.45, 7) is 0.486. The quantitative estimate of drug-likeness (QED) is 0.0551. The van der Waals surface area contributed by atoms with E-state index in [2.05, 4.69) is 21.3 Å². The minimum atomic E-state index is -1.25. The van der Waals surface area contributed by atoms with Crippen molar-refractivity contribution in [2.24, 2.45) is 5.73 Å². The summed E-state index contributed by atoms with van der Waals surface area (Å²) in [7, 11) is 0. The highest BCUT2D eigenvalue weighted by atomic mass is 16.4. The number of rotatable bonds is 21. The van der Waals surface area contributed by atoms with Gasteiger partial charge in [0.25, 0.3) is 0 Å². The van der Waals surface area contributed by atoms with Crippen LogP contribution in [0.5, 0.6) is 5.75 Å². The minimum Gasteiger partial charge on any atom is -0.508 e. The first-order chi connectivity index (χ1) is 31.2. The summed E-state index contributed by atoms with van der Waals surface area (Å²) in [5, 5.41) is 58.4. The Labute approximate surface area is 379 Å². The van der Waals surface area contributed by atoms with Crippen LogP contribution in [-0.4, -0.2) is 224 Å². The number of likely N-dealkylation sites (tertiary alicyclic amines) is 2. The zero-order chi connectivity index (χ0) is 48.7. The molecule has 0 saturated carbocycles. The van der Waals surface area contributed by atoms with Crippen LogP contribution < -0.4 is 27.0 Å². The molecule has 25 nitrogen and oxygen atoms in total. The number of hydrogen-bond acceptors (Lipinski definition) is 15. The lowest BCUT2D eigenvalue weighted by atomic mass is 10.0. The number of phenols is 1. The number of aliphatic hydroxyl groups excluding tert-OH is 1. The molecule has 3 saturated heterocycles. The first-order valence-corrected chi connectivity index (χ1v) is 21.6. The van der Waals surface area contributed by atoms with Crippen LogP contribution in [0.4, 0.5) is 0 Å². The Hall–Kier alpha value is -6.44. The Morgan fingerprint density at radius 2 is 1.36 bits per heavy atom. The average Bonchev–Trinajstić information content (AvgIpc) is 3.92. The van der Waals surface area contributed by atoms with Gasteiger partial charge >= 0.3 is 17.9 Å². The monoisotopic (exact) mass is 932 g/mol. The maximum absolute atomic E-state index is 13.8. The number of nitrogens with zero attached hydrogens (tertiary/aromatic N) is 5. The van der Waals surface area contributed by atoms with Crippen LogP contribution in [0.3, 0.4) is 0 Å². The molecule has 3 heterocycles. The van der Waals surface area contributed by atoms with E-state index in [1.165, 1.54) is 24.0 Å². The number of β-amino-alcohol motifs (C(OH)–C–C–N with tert-alkyl or cyclic N) is 1. The molecule has 6 atom stereocenters. The van der Waals surface area contributed by atoms with E-state index in [4.69, 9.17) is 5.73 Å². The van der Waals surface area contributed by atoms with Crippen LogP contribution in [0.1, 0.15) is 44.6 Å². The zero-order valence-corrected chi connectivity index (χ0v) is 36.6. The van der Waals surface area contributed by atoms with Crippen molar-refractivity contribution >= 4 is 59.3 Å². The Morgan fingerprint density at radius 1 is 0.758 bits per heavy atom. The fourth-order valence-corrected chi connectivity index (χ4v) is 8.12. The third-order valence-corrected chi connectivity index (χ3v) is 11.6. The number of carboxylic acids is 3. The molecule has 364 valence electrons. The van der Waals surface area contributed by atoms with Gasteiger partial charge in [0.15, 0.2) is 0 Å². The summed E-state index contributed by atoms with van der Waals surface area (Å²) in [6.07, 6.45) is -1.01. The van der Waals surface area contributed by atoms with Crippen molar-refractivity contribution in [1.29, 1.82) is 0 Å². The molecule has 7 amide bonds. The van der Waals surface area contributed by atoms with E-state index in [0.29, 0.717) is 12.0 Å². The first kappa shape index (κ1) is 52.2. The van der Waals surface area contributed by atoms with E-state index in [-0.39, 0.29) is 103 Å². The molecule has 0 spiro atoms. The van der Waals surface area contributed by atoms with Gasteiger partial charge in [-0.2, -0.15) is 0 Å². The van der Waals surface area contributed by atoms with Gasteiger partial charge in [0.05, 0.1) is 32.3 Å². The molecule has 3 fully saturated rings. The van der Waals surface area contributed by atoms with E-state index in [9.17, 15) is 73.5 Å². The van der Waals surface area contributed by atoms with E-state index in [1.54, 1.807) is 26.8 Å². The van der Waals surface area contributed by atoms with Gasteiger partial charge in [0.2, 0.25) is 41.4 Å². The SMILES string of the molecule is CC(NC(=O)CNC(=O)CCC(C(=O)O)N1CCN(CC(=O)O)CCN(CC(=O)O)CC1)C(=O)NCC(=O)N1C[C@@H](O)CC1C(=O)N1CCCC1C(=O)NC(Cc1ccc(O)cc1)C(N)=O. The van der Waals surface area contributed by atoms with Gasteiger partial charge < -0.3 is 62.3 Å². The van der Waals surface area contributed by atoms with Crippen molar-refractivity contribution in [3.8, 4) is 5.75 Å². The third-order valence-electron chi connectivity index (χ3n) is 11.6. The second kappa shape index (κ2) is 24.7. The first-order valence-electron chi connectivity index (χ1n) is 21.6. The lowest BCUT2D eigenvalue weighted by Crippen LogP contribution is -2.56. The number of carbonyl (C=O) groups is 10. The maximum atomic E-state index is 13.8. The van der Waals surface area contributed by atoms with Crippen molar-refractivity contribution in [1.82, 2.24) is 45.8 Å². The van der Waals surface area contributed by atoms with Crippen molar-refractivity contribution in [3.63, 3.8) is 0 Å². The summed E-state index contributed by atoms with van der Waals surface area (Å²) in [5.41, 5.74) is 6.17. The second-order valence-electron chi connectivity index (χ2n) is 16.5. The Kier molecular flexibility index (Phi) is 19.6. The van der Waals surface area contributed by atoms with Crippen molar-refractivity contribution in [2.45, 2.75) is 81.8 Å². The number of hydrogen-bond donors (Lipinski definition) is 10. The number of nitrogens with one attached hydrogen (secondary N) is 4. The maximum Gasteiger partial charge on any atom is 0.320 e. The highest BCUT2D eigenvalue weighted by Gasteiger charge is 2.45. The summed E-state index contributed by atoms with van der Waals surface area (Å²) >= 11 is 0. The average molecular weight is 933 g/mol. The molecule has 25 heteroatoms.